The minimum Gasteiger partial charge on any atom is -0.295 e. The number of nitriles is 1. The molecule has 0 aromatic carbocycles. The zero-order valence-corrected chi connectivity index (χ0v) is 16.2. The van der Waals surface area contributed by atoms with Crippen LogP contribution in [0.15, 0.2) is 11.6 Å². The van der Waals surface area contributed by atoms with E-state index in [9.17, 15) is 10.1 Å². The number of hydrogen-bond donors (Lipinski definition) is 0. The first-order valence-electron chi connectivity index (χ1n) is 10.7. The summed E-state index contributed by atoms with van der Waals surface area (Å²) < 4.78 is 0. The molecule has 0 bridgehead atoms. The molecule has 0 saturated heterocycles. The van der Waals surface area contributed by atoms with Crippen molar-refractivity contribution in [3.05, 3.63) is 11.6 Å². The lowest BCUT2D eigenvalue weighted by Gasteiger charge is -2.55. The molecule has 0 aromatic rings. The lowest BCUT2D eigenvalue weighted by atomic mass is 9.49. The number of nitrogens with zero attached hydrogens (tertiary/aromatic N) is 1. The van der Waals surface area contributed by atoms with Crippen molar-refractivity contribution >= 4 is 5.78 Å². The van der Waals surface area contributed by atoms with Gasteiger partial charge < -0.3 is 0 Å². The highest BCUT2D eigenvalue weighted by molar-refractivity contribution is 5.91. The van der Waals surface area contributed by atoms with Gasteiger partial charge in [0.1, 0.15) is 0 Å². The van der Waals surface area contributed by atoms with Crippen LogP contribution >= 0.6 is 0 Å². The third-order valence-electron chi connectivity index (χ3n) is 8.68. The van der Waals surface area contributed by atoms with Crippen molar-refractivity contribution in [1.29, 1.82) is 5.26 Å². The van der Waals surface area contributed by atoms with Crippen molar-refractivity contribution in [2.75, 3.05) is 0 Å². The third-order valence-corrected chi connectivity index (χ3v) is 8.68. The van der Waals surface area contributed by atoms with E-state index in [0.717, 1.165) is 37.0 Å². The highest BCUT2D eigenvalue weighted by Crippen LogP contribution is 2.71. The molecule has 0 aliphatic heterocycles. The van der Waals surface area contributed by atoms with Crippen molar-refractivity contribution in [1.82, 2.24) is 0 Å². The summed E-state index contributed by atoms with van der Waals surface area (Å²) in [5.74, 6) is 3.75. The van der Waals surface area contributed by atoms with Gasteiger partial charge in [-0.2, -0.15) is 5.26 Å². The predicted octanol–water partition coefficient (Wildman–Crippen LogP) is 5.68. The summed E-state index contributed by atoms with van der Waals surface area (Å²) in [6, 6.07) is 2.64. The van der Waals surface area contributed by atoms with Crippen LogP contribution in [-0.4, -0.2) is 5.78 Å². The van der Waals surface area contributed by atoms with Gasteiger partial charge in [-0.1, -0.05) is 26.3 Å². The van der Waals surface area contributed by atoms with Crippen molar-refractivity contribution < 1.29 is 4.79 Å². The molecule has 0 radical (unpaired) electrons. The van der Waals surface area contributed by atoms with Gasteiger partial charge in [-0.25, -0.2) is 0 Å². The van der Waals surface area contributed by atoms with Crippen molar-refractivity contribution in [2.45, 2.75) is 78.6 Å². The van der Waals surface area contributed by atoms with Gasteiger partial charge in [-0.05, 0) is 91.9 Å². The van der Waals surface area contributed by atoms with E-state index in [0.29, 0.717) is 17.1 Å². The van der Waals surface area contributed by atoms with Gasteiger partial charge in [0, 0.05) is 6.42 Å². The summed E-state index contributed by atoms with van der Waals surface area (Å²) in [4.78, 5) is 12.0. The molecule has 4 fully saturated rings. The minimum absolute atomic E-state index is 0.275. The summed E-state index contributed by atoms with van der Waals surface area (Å²) >= 11 is 0. The summed E-state index contributed by atoms with van der Waals surface area (Å²) in [6.07, 6.45) is 12.8. The van der Waals surface area contributed by atoms with Gasteiger partial charge in [-0.15, -0.1) is 0 Å². The zero-order chi connectivity index (χ0) is 17.8. The molecule has 5 aliphatic rings. The Morgan fingerprint density at radius 3 is 2.52 bits per heavy atom. The third kappa shape index (κ3) is 2.37. The molecule has 0 aromatic heterocycles. The van der Waals surface area contributed by atoms with Crippen LogP contribution in [0.25, 0.3) is 0 Å². The van der Waals surface area contributed by atoms with Crippen LogP contribution in [0, 0.1) is 51.8 Å². The molecule has 6 atom stereocenters. The number of hydrogen-bond acceptors (Lipinski definition) is 2. The Labute approximate surface area is 153 Å². The maximum Gasteiger partial charge on any atom is 0.155 e. The smallest absolute Gasteiger partial charge is 0.155 e. The number of rotatable bonds is 0. The first kappa shape index (κ1) is 17.3. The van der Waals surface area contributed by atoms with Crippen LogP contribution < -0.4 is 0 Å². The van der Waals surface area contributed by atoms with E-state index in [1.807, 2.05) is 13.8 Å². The molecule has 4 saturated carbocycles. The monoisotopic (exact) mass is 339 g/mol. The van der Waals surface area contributed by atoms with Crippen LogP contribution in [-0.2, 0) is 4.79 Å². The molecule has 0 amide bonds. The molecule has 6 unspecified atom stereocenters. The average Bonchev–Trinajstić information content (AvgIpc) is 3.31. The minimum atomic E-state index is 0.275. The molecular formula is C23H33NO. The Kier molecular flexibility index (Phi) is 4.13. The van der Waals surface area contributed by atoms with E-state index in [1.54, 1.807) is 5.57 Å². The first-order valence-corrected chi connectivity index (χ1v) is 10.7. The first-order chi connectivity index (χ1) is 12.1. The summed E-state index contributed by atoms with van der Waals surface area (Å²) in [5, 5.41) is 9.60. The molecule has 2 heteroatoms. The van der Waals surface area contributed by atoms with Crippen molar-refractivity contribution in [3.8, 4) is 6.07 Å². The van der Waals surface area contributed by atoms with E-state index in [4.69, 9.17) is 0 Å². The number of allylic oxidation sites excluding steroid dienone is 1. The van der Waals surface area contributed by atoms with E-state index >= 15 is 0 Å². The van der Waals surface area contributed by atoms with E-state index < -0.39 is 0 Å². The molecule has 5 aliphatic carbocycles. The second-order valence-electron chi connectivity index (χ2n) is 9.43. The topological polar surface area (TPSA) is 40.9 Å². The molecule has 1 spiro atoms. The molecule has 2 nitrogen and oxygen atoms in total. The van der Waals surface area contributed by atoms with E-state index in [1.165, 1.54) is 38.5 Å². The fourth-order valence-electron chi connectivity index (χ4n) is 7.33. The normalized spacial score (nSPS) is 45.9. The number of ketones is 1. The van der Waals surface area contributed by atoms with Gasteiger partial charge in [0.15, 0.2) is 5.78 Å². The molecule has 0 N–H and O–H groups in total. The van der Waals surface area contributed by atoms with Crippen LogP contribution in [0.2, 0.25) is 0 Å². The fraction of sp³-hybridized carbons (Fsp3) is 0.826. The predicted molar refractivity (Wildman–Crippen MR) is 99.6 cm³/mol. The lowest BCUT2D eigenvalue weighted by Crippen LogP contribution is -2.48. The summed E-state index contributed by atoms with van der Waals surface area (Å²) in [7, 11) is 0. The maximum atomic E-state index is 12.0. The Hall–Kier alpha value is -1.10. The van der Waals surface area contributed by atoms with Gasteiger partial charge in [0.25, 0.3) is 0 Å². The highest BCUT2D eigenvalue weighted by Gasteiger charge is 2.62. The molecule has 25 heavy (non-hydrogen) atoms. The Balaban J connectivity index is 0.000000758. The number of carbonyl (C=O) groups is 1. The number of fused-ring (bicyclic) bond motifs is 6. The summed E-state index contributed by atoms with van der Waals surface area (Å²) in [5.41, 5.74) is 2.25. The van der Waals surface area contributed by atoms with Crippen LogP contribution in [0.5, 0.6) is 0 Å². The highest BCUT2D eigenvalue weighted by atomic mass is 16.1. The van der Waals surface area contributed by atoms with E-state index in [-0.39, 0.29) is 11.3 Å². The van der Waals surface area contributed by atoms with E-state index in [2.05, 4.69) is 19.1 Å². The van der Waals surface area contributed by atoms with Crippen molar-refractivity contribution in [3.63, 3.8) is 0 Å². The quantitative estimate of drug-likeness (QED) is 0.569. The standard InChI is InChI=1S/C21H27NO.C2H6/c1-20-7-6-15-16-4-3-14(23)10-19(16)21(8-9-21)11-17(15)18(20)5-2-13(20)12-22;1-2/h10,13,15-18H,2-9,11H2,1H3;1-2H3. The van der Waals surface area contributed by atoms with Crippen LogP contribution in [0.1, 0.15) is 78.6 Å². The van der Waals surface area contributed by atoms with Gasteiger partial charge in [0.05, 0.1) is 12.0 Å². The molecule has 5 rings (SSSR count). The SMILES string of the molecule is CC.CC12CCC3C4CCC(=O)C=C4C4(CC4)CC3C1CCC2C#N. The summed E-state index contributed by atoms with van der Waals surface area (Å²) in [6.45, 7) is 6.42. The Morgan fingerprint density at radius 2 is 1.84 bits per heavy atom. The molecule has 0 heterocycles. The second kappa shape index (κ2) is 5.97. The maximum absolute atomic E-state index is 12.0. The van der Waals surface area contributed by atoms with Crippen LogP contribution in [0.4, 0.5) is 0 Å². The second-order valence-corrected chi connectivity index (χ2v) is 9.43. The molecular weight excluding hydrogens is 306 g/mol. The van der Waals surface area contributed by atoms with Crippen molar-refractivity contribution in [2.24, 2.45) is 40.4 Å². The number of carbonyl (C=O) groups excluding carboxylic acids is 1. The van der Waals surface area contributed by atoms with Gasteiger partial charge >= 0.3 is 0 Å². The Bertz CT molecular complexity index is 637. The van der Waals surface area contributed by atoms with Crippen LogP contribution in [0.3, 0.4) is 0 Å². The zero-order valence-electron chi connectivity index (χ0n) is 16.2. The van der Waals surface area contributed by atoms with Gasteiger partial charge in [-0.3, -0.25) is 4.79 Å². The van der Waals surface area contributed by atoms with Gasteiger partial charge in [0.2, 0.25) is 0 Å². The molecule has 136 valence electrons. The largest absolute Gasteiger partial charge is 0.295 e. The fourth-order valence-corrected chi connectivity index (χ4v) is 7.33. The average molecular weight is 340 g/mol. The Morgan fingerprint density at radius 1 is 1.08 bits per heavy atom. The lowest BCUT2D eigenvalue weighted by molar-refractivity contribution is -0.116.